The van der Waals surface area contributed by atoms with Crippen molar-refractivity contribution in [3.05, 3.63) is 39.4 Å². The maximum Gasteiger partial charge on any atom is 0.323 e. The van der Waals surface area contributed by atoms with Gasteiger partial charge in [0.15, 0.2) is 5.13 Å². The van der Waals surface area contributed by atoms with E-state index < -0.39 is 0 Å². The summed E-state index contributed by atoms with van der Waals surface area (Å²) in [4.78, 5) is 32.4. The van der Waals surface area contributed by atoms with E-state index >= 15 is 0 Å². The fourth-order valence-electron chi connectivity index (χ4n) is 4.06. The smallest absolute Gasteiger partial charge is 0.322 e. The highest BCUT2D eigenvalue weighted by molar-refractivity contribution is 7.17. The number of carbonyl (C=O) groups excluding carboxylic acids is 2. The first-order chi connectivity index (χ1) is 13.8. The molecule has 156 valence electrons. The maximum absolute atomic E-state index is 12.9. The van der Waals surface area contributed by atoms with Crippen molar-refractivity contribution < 1.29 is 9.59 Å². The van der Waals surface area contributed by atoms with Crippen molar-refractivity contribution in [2.75, 3.05) is 17.2 Å². The highest BCUT2D eigenvalue weighted by Crippen LogP contribution is 2.28. The number of aryl methyl sites for hydroxylation is 4. The maximum atomic E-state index is 12.9. The zero-order valence-corrected chi connectivity index (χ0v) is 18.7. The molecule has 29 heavy (non-hydrogen) atoms. The molecular formula is C22H30N4O2S. The average molecular weight is 415 g/mol. The third-order valence-corrected chi connectivity index (χ3v) is 6.56. The van der Waals surface area contributed by atoms with E-state index in [-0.39, 0.29) is 18.0 Å². The number of hydrogen-bond acceptors (Lipinski definition) is 4. The van der Waals surface area contributed by atoms with Crippen LogP contribution >= 0.6 is 11.3 Å². The van der Waals surface area contributed by atoms with Crippen LogP contribution in [0.1, 0.15) is 64.7 Å². The molecule has 0 saturated carbocycles. The van der Waals surface area contributed by atoms with Crippen LogP contribution in [0.15, 0.2) is 12.1 Å². The first-order valence-electron chi connectivity index (χ1n) is 10.2. The van der Waals surface area contributed by atoms with E-state index in [9.17, 15) is 9.59 Å². The van der Waals surface area contributed by atoms with Crippen molar-refractivity contribution in [3.8, 4) is 0 Å². The van der Waals surface area contributed by atoms with E-state index in [1.165, 1.54) is 23.3 Å². The molecular weight excluding hydrogens is 384 g/mol. The van der Waals surface area contributed by atoms with Crippen LogP contribution in [0, 0.1) is 27.7 Å². The number of thiazole rings is 1. The minimum Gasteiger partial charge on any atom is -0.322 e. The molecule has 2 aromatic rings. The predicted octanol–water partition coefficient (Wildman–Crippen LogP) is 5.43. The van der Waals surface area contributed by atoms with E-state index in [4.69, 9.17) is 0 Å². The minimum atomic E-state index is -0.194. The molecule has 1 aliphatic rings. The third-order valence-electron chi connectivity index (χ3n) is 5.49. The van der Waals surface area contributed by atoms with E-state index in [1.54, 1.807) is 6.92 Å². The topological polar surface area (TPSA) is 74.3 Å². The number of aromatic nitrogens is 1. The van der Waals surface area contributed by atoms with Gasteiger partial charge in [0.1, 0.15) is 4.88 Å². The summed E-state index contributed by atoms with van der Waals surface area (Å²) in [5.41, 5.74) is 4.68. The summed E-state index contributed by atoms with van der Waals surface area (Å²) in [6.45, 7) is 10.7. The van der Waals surface area contributed by atoms with Gasteiger partial charge >= 0.3 is 6.03 Å². The molecule has 1 aliphatic heterocycles. The van der Waals surface area contributed by atoms with E-state index in [0.717, 1.165) is 42.6 Å². The first-order valence-corrected chi connectivity index (χ1v) is 11.1. The normalized spacial score (nSPS) is 16.6. The van der Waals surface area contributed by atoms with E-state index in [1.807, 2.05) is 25.7 Å². The third kappa shape index (κ3) is 4.78. The summed E-state index contributed by atoms with van der Waals surface area (Å²) >= 11 is 1.22. The second-order valence-electron chi connectivity index (χ2n) is 7.84. The Morgan fingerprint density at radius 3 is 2.48 bits per heavy atom. The molecule has 6 nitrogen and oxygen atoms in total. The summed E-state index contributed by atoms with van der Waals surface area (Å²) in [7, 11) is 0. The molecule has 0 bridgehead atoms. The van der Waals surface area contributed by atoms with Gasteiger partial charge in [-0.2, -0.15) is 0 Å². The Kier molecular flexibility index (Phi) is 6.57. The molecule has 2 heterocycles. The monoisotopic (exact) mass is 414 g/mol. The number of likely N-dealkylation sites (tertiary alicyclic amines) is 1. The summed E-state index contributed by atoms with van der Waals surface area (Å²) in [5.74, 6) is -0.194. The van der Waals surface area contributed by atoms with Gasteiger partial charge in [0.05, 0.1) is 5.69 Å². The number of amides is 3. The molecule has 1 aromatic heterocycles. The number of benzene rings is 1. The Morgan fingerprint density at radius 2 is 1.83 bits per heavy atom. The number of anilines is 2. The lowest BCUT2D eigenvalue weighted by molar-refractivity contribution is 0.102. The van der Waals surface area contributed by atoms with E-state index in [2.05, 4.69) is 34.7 Å². The Morgan fingerprint density at radius 1 is 1.14 bits per heavy atom. The Hall–Kier alpha value is -2.41. The Bertz CT molecular complexity index is 899. The molecule has 3 rings (SSSR count). The van der Waals surface area contributed by atoms with Gasteiger partial charge in [-0.1, -0.05) is 36.0 Å². The number of urea groups is 1. The highest BCUT2D eigenvalue weighted by atomic mass is 32.1. The fraction of sp³-hybridized carbons (Fsp3) is 0.500. The van der Waals surface area contributed by atoms with Crippen LogP contribution < -0.4 is 10.6 Å². The molecule has 1 fully saturated rings. The van der Waals surface area contributed by atoms with Gasteiger partial charge in [0.25, 0.3) is 5.91 Å². The van der Waals surface area contributed by atoms with Crippen molar-refractivity contribution in [2.24, 2.45) is 0 Å². The molecule has 1 unspecified atom stereocenters. The molecule has 0 radical (unpaired) electrons. The van der Waals surface area contributed by atoms with Crippen LogP contribution in [0.5, 0.6) is 0 Å². The lowest BCUT2D eigenvalue weighted by Gasteiger charge is -2.34. The summed E-state index contributed by atoms with van der Waals surface area (Å²) in [6, 6.07) is 4.26. The molecule has 1 saturated heterocycles. The summed E-state index contributed by atoms with van der Waals surface area (Å²) in [6.07, 6.45) is 4.20. The number of carbonyl (C=O) groups is 2. The van der Waals surface area contributed by atoms with Gasteiger partial charge in [-0.25, -0.2) is 9.78 Å². The summed E-state index contributed by atoms with van der Waals surface area (Å²) in [5, 5.41) is 6.39. The molecule has 0 aliphatic carbocycles. The van der Waals surface area contributed by atoms with Gasteiger partial charge in [-0.3, -0.25) is 10.1 Å². The van der Waals surface area contributed by atoms with Crippen LogP contribution in [0.25, 0.3) is 0 Å². The van der Waals surface area contributed by atoms with Crippen molar-refractivity contribution in [1.82, 2.24) is 9.88 Å². The minimum absolute atomic E-state index is 0.123. The summed E-state index contributed by atoms with van der Waals surface area (Å²) < 4.78 is 0. The van der Waals surface area contributed by atoms with Crippen LogP contribution in [0.4, 0.5) is 15.6 Å². The van der Waals surface area contributed by atoms with Crippen molar-refractivity contribution in [1.29, 1.82) is 0 Å². The van der Waals surface area contributed by atoms with Gasteiger partial charge in [-0.05, 0) is 64.5 Å². The number of nitrogens with one attached hydrogen (secondary N) is 2. The zero-order valence-electron chi connectivity index (χ0n) is 17.9. The first kappa shape index (κ1) is 21.3. The van der Waals surface area contributed by atoms with Crippen LogP contribution in [0.3, 0.4) is 0 Å². The second-order valence-corrected chi connectivity index (χ2v) is 8.84. The standard InChI is InChI=1S/C22H30N4O2S/c1-6-17-9-7-8-10-26(17)22(28)25-21-23-16(5)19(29-21)20(27)24-18-14(3)11-13(2)12-15(18)4/h11-12,17H,6-10H2,1-5H3,(H,24,27)(H,23,25,28). The lowest BCUT2D eigenvalue weighted by atomic mass is 10.0. The molecule has 0 spiro atoms. The number of hydrogen-bond donors (Lipinski definition) is 2. The number of nitrogens with zero attached hydrogens (tertiary/aromatic N) is 2. The molecule has 2 N–H and O–H groups in total. The average Bonchev–Trinajstić information content (AvgIpc) is 3.04. The number of piperidine rings is 1. The number of rotatable bonds is 4. The van der Waals surface area contributed by atoms with Gasteiger partial charge in [0.2, 0.25) is 0 Å². The predicted molar refractivity (Wildman–Crippen MR) is 119 cm³/mol. The highest BCUT2D eigenvalue weighted by Gasteiger charge is 2.26. The Labute approximate surface area is 176 Å². The van der Waals surface area contributed by atoms with Gasteiger partial charge < -0.3 is 10.2 Å². The molecule has 3 amide bonds. The van der Waals surface area contributed by atoms with Crippen LogP contribution in [0.2, 0.25) is 0 Å². The van der Waals surface area contributed by atoms with E-state index in [0.29, 0.717) is 15.7 Å². The fourth-order valence-corrected chi connectivity index (χ4v) is 4.92. The Balaban J connectivity index is 1.73. The quantitative estimate of drug-likeness (QED) is 0.701. The van der Waals surface area contributed by atoms with Gasteiger partial charge in [-0.15, -0.1) is 0 Å². The molecule has 1 atom stereocenters. The van der Waals surface area contributed by atoms with Crippen molar-refractivity contribution in [2.45, 2.75) is 66.3 Å². The van der Waals surface area contributed by atoms with Crippen LogP contribution in [-0.2, 0) is 0 Å². The van der Waals surface area contributed by atoms with Crippen molar-refractivity contribution >= 4 is 34.1 Å². The molecule has 7 heteroatoms. The largest absolute Gasteiger partial charge is 0.323 e. The second kappa shape index (κ2) is 8.95. The molecule has 1 aromatic carbocycles. The van der Waals surface area contributed by atoms with Crippen molar-refractivity contribution in [3.63, 3.8) is 0 Å². The zero-order chi connectivity index (χ0) is 21.1. The SMILES string of the molecule is CCC1CCCCN1C(=O)Nc1nc(C)c(C(=O)Nc2c(C)cc(C)cc2C)s1. The lowest BCUT2D eigenvalue weighted by Crippen LogP contribution is -2.45. The van der Waals surface area contributed by atoms with Crippen LogP contribution in [-0.4, -0.2) is 34.4 Å². The van der Waals surface area contributed by atoms with Gasteiger partial charge in [0, 0.05) is 18.3 Å².